The average molecular weight is 210 g/mol. The van der Waals surface area contributed by atoms with Gasteiger partial charge in [0, 0.05) is 10.4 Å². The summed E-state index contributed by atoms with van der Waals surface area (Å²) in [6.07, 6.45) is 7.32. The Morgan fingerprint density at radius 3 is 2.86 bits per heavy atom. The molecule has 1 aromatic rings. The summed E-state index contributed by atoms with van der Waals surface area (Å²) >= 11 is 5.85. The molecule has 1 aromatic heterocycles. The first-order valence-corrected chi connectivity index (χ1v) is 4.59. The first kappa shape index (κ1) is 10.8. The zero-order valence-corrected chi connectivity index (χ0v) is 9.01. The lowest BCUT2D eigenvalue weighted by Crippen LogP contribution is -2.26. The minimum absolute atomic E-state index is 0.404. The fourth-order valence-electron chi connectivity index (χ4n) is 1.06. The summed E-state index contributed by atoms with van der Waals surface area (Å²) in [5.41, 5.74) is 0. The lowest BCUT2D eigenvalue weighted by molar-refractivity contribution is 0.409. The van der Waals surface area contributed by atoms with Gasteiger partial charge in [0.25, 0.3) is 0 Å². The summed E-state index contributed by atoms with van der Waals surface area (Å²) in [6, 6.07) is 0. The van der Waals surface area contributed by atoms with Crippen molar-refractivity contribution in [3.8, 4) is 5.75 Å². The van der Waals surface area contributed by atoms with Gasteiger partial charge >= 0.3 is 0 Å². The van der Waals surface area contributed by atoms with Crippen LogP contribution < -0.4 is 15.2 Å². The van der Waals surface area contributed by atoms with E-state index in [-0.39, 0.29) is 0 Å². The highest BCUT2D eigenvalue weighted by Gasteiger charge is 1.98. The normalized spacial score (nSPS) is 12.4. The third-order valence-corrected chi connectivity index (χ3v) is 2.14. The molecule has 0 aliphatic carbocycles. The van der Waals surface area contributed by atoms with Crippen LogP contribution >= 0.6 is 11.6 Å². The summed E-state index contributed by atoms with van der Waals surface area (Å²) in [4.78, 5) is 3.95. The minimum atomic E-state index is 0.404. The molecule has 0 fully saturated rings. The van der Waals surface area contributed by atoms with Crippen LogP contribution in [-0.2, 0) is 0 Å². The number of nitrogens with zero attached hydrogens (tertiary/aromatic N) is 1. The van der Waals surface area contributed by atoms with Crippen molar-refractivity contribution >= 4 is 24.3 Å². The Labute approximate surface area is 88.2 Å². The number of halogens is 1. The molecule has 0 aliphatic heterocycles. The van der Waals surface area contributed by atoms with E-state index >= 15 is 0 Å². The van der Waals surface area contributed by atoms with E-state index in [0.717, 1.165) is 5.22 Å². The van der Waals surface area contributed by atoms with Gasteiger partial charge in [-0.1, -0.05) is 36.4 Å². The Hall–Kier alpha value is -1.28. The van der Waals surface area contributed by atoms with Gasteiger partial charge in [-0.05, 0) is 6.92 Å². The van der Waals surface area contributed by atoms with Crippen molar-refractivity contribution in [3.63, 3.8) is 0 Å². The largest absolute Gasteiger partial charge is 0.494 e. The molecule has 14 heavy (non-hydrogen) atoms. The van der Waals surface area contributed by atoms with Crippen molar-refractivity contribution < 1.29 is 4.74 Å². The van der Waals surface area contributed by atoms with Gasteiger partial charge in [0.2, 0.25) is 0 Å². The maximum Gasteiger partial charge on any atom is 0.145 e. The number of allylic oxidation sites excluding steroid dienone is 2. The van der Waals surface area contributed by atoms with Gasteiger partial charge in [-0.3, -0.25) is 0 Å². The molecule has 2 nitrogen and oxygen atoms in total. The van der Waals surface area contributed by atoms with Gasteiger partial charge in [-0.15, -0.1) is 0 Å². The van der Waals surface area contributed by atoms with E-state index in [9.17, 15) is 0 Å². The number of aromatic nitrogens is 1. The average Bonchev–Trinajstić information content (AvgIpc) is 2.20. The number of ether oxygens (including phenoxy) is 1. The standard InChI is InChI=1S/C11H12ClNO/c1-4-5-6-9-8(2)11(12)13-7-10(9)14-3/h4-7H,2H2,1,3H3. The molecule has 0 aromatic carbocycles. The van der Waals surface area contributed by atoms with Crippen LogP contribution in [0.1, 0.15) is 6.92 Å². The van der Waals surface area contributed by atoms with Crippen molar-refractivity contribution in [1.82, 2.24) is 4.98 Å². The predicted molar refractivity (Wildman–Crippen MR) is 59.9 cm³/mol. The van der Waals surface area contributed by atoms with E-state index in [4.69, 9.17) is 16.3 Å². The number of hydrogen-bond acceptors (Lipinski definition) is 2. The summed E-state index contributed by atoms with van der Waals surface area (Å²) < 4.78 is 5.15. The summed E-state index contributed by atoms with van der Waals surface area (Å²) in [7, 11) is 1.59. The van der Waals surface area contributed by atoms with Crippen LogP contribution in [0.3, 0.4) is 0 Å². The van der Waals surface area contributed by atoms with Crippen LogP contribution in [0.5, 0.6) is 5.75 Å². The second-order valence-electron chi connectivity index (χ2n) is 2.70. The first-order chi connectivity index (χ1) is 6.70. The zero-order chi connectivity index (χ0) is 10.6. The van der Waals surface area contributed by atoms with Crippen LogP contribution in [0, 0.1) is 0 Å². The molecule has 3 heteroatoms. The zero-order valence-electron chi connectivity index (χ0n) is 8.25. The molecule has 1 heterocycles. The fraction of sp³-hybridized carbons (Fsp3) is 0.182. The second kappa shape index (κ2) is 4.82. The molecule has 74 valence electrons. The molecule has 0 saturated carbocycles. The Balaban J connectivity index is 3.51. The highest BCUT2D eigenvalue weighted by Crippen LogP contribution is 2.00. The number of hydrogen-bond donors (Lipinski definition) is 0. The Bertz CT molecular complexity index is 451. The molecular formula is C11H12ClNO. The Morgan fingerprint density at radius 2 is 2.29 bits per heavy atom. The van der Waals surface area contributed by atoms with Crippen LogP contribution in [0.15, 0.2) is 18.3 Å². The molecular weight excluding hydrogens is 198 g/mol. The van der Waals surface area contributed by atoms with Crippen molar-refractivity contribution in [3.05, 3.63) is 33.9 Å². The quantitative estimate of drug-likeness (QED) is 0.689. The molecule has 0 bridgehead atoms. The third-order valence-electron chi connectivity index (χ3n) is 1.81. The van der Waals surface area contributed by atoms with Crippen LogP contribution in [0.4, 0.5) is 0 Å². The lowest BCUT2D eigenvalue weighted by atomic mass is 10.2. The minimum Gasteiger partial charge on any atom is -0.494 e. The number of methoxy groups -OCH3 is 1. The van der Waals surface area contributed by atoms with E-state index in [2.05, 4.69) is 11.6 Å². The maximum atomic E-state index is 5.85. The van der Waals surface area contributed by atoms with Crippen LogP contribution in [0.2, 0.25) is 5.15 Å². The van der Waals surface area contributed by atoms with Crippen LogP contribution in [0.25, 0.3) is 12.7 Å². The van der Waals surface area contributed by atoms with Gasteiger partial charge in [-0.2, -0.15) is 0 Å². The fourth-order valence-corrected chi connectivity index (χ4v) is 1.21. The van der Waals surface area contributed by atoms with Crippen molar-refractivity contribution in [2.45, 2.75) is 6.92 Å². The molecule has 0 amide bonds. The Kier molecular flexibility index (Phi) is 3.72. The SMILES string of the molecule is C=c1c(Cl)ncc(OC)c1=CC=CC. The molecule has 0 unspecified atom stereocenters. The van der Waals surface area contributed by atoms with Gasteiger partial charge in [0.1, 0.15) is 10.9 Å². The van der Waals surface area contributed by atoms with E-state index < -0.39 is 0 Å². The highest BCUT2D eigenvalue weighted by molar-refractivity contribution is 6.29. The predicted octanol–water partition coefficient (Wildman–Crippen LogP) is 1.51. The molecule has 0 saturated heterocycles. The second-order valence-corrected chi connectivity index (χ2v) is 3.06. The highest BCUT2D eigenvalue weighted by atomic mass is 35.5. The van der Waals surface area contributed by atoms with Gasteiger partial charge in [0.15, 0.2) is 0 Å². The summed E-state index contributed by atoms with van der Waals surface area (Å²) in [5.74, 6) is 0.678. The Morgan fingerprint density at radius 1 is 1.57 bits per heavy atom. The van der Waals surface area contributed by atoms with E-state index in [0.29, 0.717) is 16.1 Å². The molecule has 0 atom stereocenters. The van der Waals surface area contributed by atoms with E-state index in [1.165, 1.54) is 0 Å². The van der Waals surface area contributed by atoms with Crippen LogP contribution in [-0.4, -0.2) is 12.1 Å². The smallest absolute Gasteiger partial charge is 0.145 e. The third kappa shape index (κ3) is 2.15. The van der Waals surface area contributed by atoms with Gasteiger partial charge in [0.05, 0.1) is 13.3 Å². The van der Waals surface area contributed by atoms with Crippen molar-refractivity contribution in [2.75, 3.05) is 7.11 Å². The summed E-state index contributed by atoms with van der Waals surface area (Å²) in [6.45, 7) is 5.78. The molecule has 1 rings (SSSR count). The molecule has 0 aliphatic rings. The van der Waals surface area contributed by atoms with Gasteiger partial charge < -0.3 is 4.74 Å². The first-order valence-electron chi connectivity index (χ1n) is 4.21. The van der Waals surface area contributed by atoms with E-state index in [1.807, 2.05) is 25.2 Å². The molecule has 0 spiro atoms. The lowest BCUT2D eigenvalue weighted by Gasteiger charge is -2.00. The number of pyridine rings is 1. The van der Waals surface area contributed by atoms with E-state index in [1.54, 1.807) is 13.3 Å². The van der Waals surface area contributed by atoms with Gasteiger partial charge in [-0.25, -0.2) is 4.98 Å². The number of rotatable bonds is 2. The van der Waals surface area contributed by atoms with Crippen molar-refractivity contribution in [1.29, 1.82) is 0 Å². The molecule has 0 N–H and O–H groups in total. The maximum absolute atomic E-state index is 5.85. The monoisotopic (exact) mass is 209 g/mol. The van der Waals surface area contributed by atoms with Crippen molar-refractivity contribution in [2.24, 2.45) is 0 Å². The summed E-state index contributed by atoms with van der Waals surface area (Å²) in [5, 5.41) is 1.95. The topological polar surface area (TPSA) is 22.1 Å². The molecule has 0 radical (unpaired) electrons.